The summed E-state index contributed by atoms with van der Waals surface area (Å²) >= 11 is 0. The Balaban J connectivity index is 0. The number of rotatable bonds is 10. The fourth-order valence-electron chi connectivity index (χ4n) is 1.34. The van der Waals surface area contributed by atoms with Crippen LogP contribution in [0.4, 0.5) is 0 Å². The van der Waals surface area contributed by atoms with Crippen LogP contribution in [0.3, 0.4) is 0 Å². The molecule has 0 unspecified atom stereocenters. The van der Waals surface area contributed by atoms with Crippen molar-refractivity contribution in [2.45, 2.75) is 39.0 Å². The predicted molar refractivity (Wildman–Crippen MR) is 76.0 cm³/mol. The Bertz CT molecular complexity index is 225. The summed E-state index contributed by atoms with van der Waals surface area (Å²) in [4.78, 5) is 22.6. The summed E-state index contributed by atoms with van der Waals surface area (Å²) in [7, 11) is 1.89. The number of amides is 2. The Hall–Kier alpha value is -0.810. The van der Waals surface area contributed by atoms with Crippen LogP contribution < -0.4 is 16.0 Å². The van der Waals surface area contributed by atoms with Gasteiger partial charge in [-0.2, -0.15) is 0 Å². The van der Waals surface area contributed by atoms with Crippen LogP contribution in [0.5, 0.6) is 0 Å². The van der Waals surface area contributed by atoms with Crippen LogP contribution in [0.25, 0.3) is 0 Å². The molecule has 0 saturated heterocycles. The first-order valence-corrected chi connectivity index (χ1v) is 6.38. The van der Waals surface area contributed by atoms with Crippen LogP contribution in [0, 0.1) is 0 Å². The molecular weight excluding hydrogens is 254 g/mol. The maximum Gasteiger partial charge on any atom is 0.220 e. The summed E-state index contributed by atoms with van der Waals surface area (Å²) < 4.78 is 0. The van der Waals surface area contributed by atoms with Gasteiger partial charge in [-0.25, -0.2) is 0 Å². The molecule has 0 aliphatic carbocycles. The summed E-state index contributed by atoms with van der Waals surface area (Å²) in [6, 6.07) is 0. The molecule has 0 radical (unpaired) electrons. The highest BCUT2D eigenvalue weighted by molar-refractivity contribution is 5.85. The van der Waals surface area contributed by atoms with Crippen LogP contribution in [0.2, 0.25) is 0 Å². The van der Waals surface area contributed by atoms with E-state index in [0.29, 0.717) is 25.8 Å². The minimum atomic E-state index is 0. The van der Waals surface area contributed by atoms with Gasteiger partial charge in [-0.05, 0) is 32.9 Å². The molecule has 0 bridgehead atoms. The molecule has 0 aromatic heterocycles. The van der Waals surface area contributed by atoms with Crippen molar-refractivity contribution < 1.29 is 9.59 Å². The van der Waals surface area contributed by atoms with E-state index in [4.69, 9.17) is 0 Å². The molecule has 0 saturated carbocycles. The summed E-state index contributed by atoms with van der Waals surface area (Å²) in [5, 5.41) is 8.63. The molecule has 0 rings (SSSR count). The zero-order chi connectivity index (χ0) is 12.9. The average Bonchev–Trinajstić information content (AvgIpc) is 2.32. The third kappa shape index (κ3) is 13.3. The summed E-state index contributed by atoms with van der Waals surface area (Å²) in [6.07, 6.45) is 3.35. The normalized spacial score (nSPS) is 9.44. The van der Waals surface area contributed by atoms with Crippen molar-refractivity contribution >= 4 is 24.2 Å². The van der Waals surface area contributed by atoms with Gasteiger partial charge in [0.25, 0.3) is 0 Å². The summed E-state index contributed by atoms with van der Waals surface area (Å²) in [5.74, 6) is 0.0687. The molecule has 0 aromatic rings. The van der Waals surface area contributed by atoms with E-state index in [-0.39, 0.29) is 24.2 Å². The van der Waals surface area contributed by atoms with Gasteiger partial charge in [-0.1, -0.05) is 6.92 Å². The zero-order valence-corrected chi connectivity index (χ0v) is 12.2. The summed E-state index contributed by atoms with van der Waals surface area (Å²) in [5.41, 5.74) is 0. The van der Waals surface area contributed by atoms with Gasteiger partial charge < -0.3 is 16.0 Å². The highest BCUT2D eigenvalue weighted by Crippen LogP contribution is 1.95. The van der Waals surface area contributed by atoms with Gasteiger partial charge in [0.15, 0.2) is 0 Å². The van der Waals surface area contributed by atoms with Gasteiger partial charge in [-0.3, -0.25) is 9.59 Å². The first kappa shape index (κ1) is 19.5. The van der Waals surface area contributed by atoms with Crippen molar-refractivity contribution in [2.75, 3.05) is 26.7 Å². The Morgan fingerprint density at radius 1 is 0.889 bits per heavy atom. The quantitative estimate of drug-likeness (QED) is 0.519. The minimum Gasteiger partial charge on any atom is -0.356 e. The van der Waals surface area contributed by atoms with Crippen molar-refractivity contribution in [3.63, 3.8) is 0 Å². The van der Waals surface area contributed by atoms with Crippen molar-refractivity contribution in [3.8, 4) is 0 Å². The van der Waals surface area contributed by atoms with E-state index in [1.807, 2.05) is 14.0 Å². The Morgan fingerprint density at radius 3 is 1.94 bits per heavy atom. The molecule has 108 valence electrons. The summed E-state index contributed by atoms with van der Waals surface area (Å²) in [6.45, 7) is 4.33. The molecule has 0 aliphatic heterocycles. The van der Waals surface area contributed by atoms with Crippen LogP contribution in [-0.4, -0.2) is 38.5 Å². The topological polar surface area (TPSA) is 70.2 Å². The fraction of sp³-hybridized carbons (Fsp3) is 0.833. The molecule has 0 aromatic carbocycles. The first-order chi connectivity index (χ1) is 8.20. The van der Waals surface area contributed by atoms with E-state index < -0.39 is 0 Å². The second-order valence-electron chi connectivity index (χ2n) is 4.01. The molecular formula is C12H26ClN3O2. The van der Waals surface area contributed by atoms with E-state index in [1.165, 1.54) is 0 Å². The number of hydrogen-bond donors (Lipinski definition) is 3. The zero-order valence-electron chi connectivity index (χ0n) is 11.4. The Labute approximate surface area is 116 Å². The molecule has 18 heavy (non-hydrogen) atoms. The lowest BCUT2D eigenvalue weighted by atomic mass is 10.2. The highest BCUT2D eigenvalue weighted by Gasteiger charge is 2.03. The Morgan fingerprint density at radius 2 is 1.44 bits per heavy atom. The molecule has 0 atom stereocenters. The van der Waals surface area contributed by atoms with Crippen molar-refractivity contribution in [1.82, 2.24) is 16.0 Å². The predicted octanol–water partition coefficient (Wildman–Crippen LogP) is 0.830. The second-order valence-corrected chi connectivity index (χ2v) is 4.01. The van der Waals surface area contributed by atoms with E-state index in [0.717, 1.165) is 25.9 Å². The van der Waals surface area contributed by atoms with Gasteiger partial charge in [0.05, 0.1) is 0 Å². The lowest BCUT2D eigenvalue weighted by Gasteiger charge is -2.05. The van der Waals surface area contributed by atoms with E-state index in [2.05, 4.69) is 16.0 Å². The van der Waals surface area contributed by atoms with Crippen molar-refractivity contribution in [2.24, 2.45) is 0 Å². The molecule has 0 heterocycles. The monoisotopic (exact) mass is 279 g/mol. The maximum atomic E-state index is 11.3. The molecule has 3 N–H and O–H groups in total. The largest absolute Gasteiger partial charge is 0.356 e. The van der Waals surface area contributed by atoms with Gasteiger partial charge in [0.2, 0.25) is 11.8 Å². The first-order valence-electron chi connectivity index (χ1n) is 6.38. The van der Waals surface area contributed by atoms with Gasteiger partial charge in [-0.15, -0.1) is 12.4 Å². The SMILES string of the molecule is CCCNC(=O)CCCC(=O)NCCCNC.Cl. The third-order valence-corrected chi connectivity index (χ3v) is 2.31. The molecule has 6 heteroatoms. The number of hydrogen-bond acceptors (Lipinski definition) is 3. The van der Waals surface area contributed by atoms with E-state index in [9.17, 15) is 9.59 Å². The van der Waals surface area contributed by atoms with Crippen LogP contribution >= 0.6 is 12.4 Å². The van der Waals surface area contributed by atoms with E-state index in [1.54, 1.807) is 0 Å². The van der Waals surface area contributed by atoms with Crippen molar-refractivity contribution in [1.29, 1.82) is 0 Å². The number of carbonyl (C=O) groups excluding carboxylic acids is 2. The average molecular weight is 280 g/mol. The molecule has 5 nitrogen and oxygen atoms in total. The lowest BCUT2D eigenvalue weighted by Crippen LogP contribution is -2.27. The van der Waals surface area contributed by atoms with Crippen molar-refractivity contribution in [3.05, 3.63) is 0 Å². The van der Waals surface area contributed by atoms with Gasteiger partial charge in [0.1, 0.15) is 0 Å². The smallest absolute Gasteiger partial charge is 0.220 e. The molecule has 2 amide bonds. The number of carbonyl (C=O) groups is 2. The lowest BCUT2D eigenvalue weighted by molar-refractivity contribution is -0.122. The number of halogens is 1. The van der Waals surface area contributed by atoms with Crippen LogP contribution in [0.15, 0.2) is 0 Å². The minimum absolute atomic E-state index is 0. The van der Waals surface area contributed by atoms with Gasteiger partial charge in [0, 0.05) is 25.9 Å². The maximum absolute atomic E-state index is 11.3. The fourth-order valence-corrected chi connectivity index (χ4v) is 1.34. The van der Waals surface area contributed by atoms with Gasteiger partial charge >= 0.3 is 0 Å². The third-order valence-electron chi connectivity index (χ3n) is 2.31. The van der Waals surface area contributed by atoms with Crippen LogP contribution in [0.1, 0.15) is 39.0 Å². The Kier molecular flexibility index (Phi) is 15.5. The van der Waals surface area contributed by atoms with Crippen LogP contribution in [-0.2, 0) is 9.59 Å². The highest BCUT2D eigenvalue weighted by atomic mass is 35.5. The molecule has 0 fully saturated rings. The molecule has 0 aliphatic rings. The standard InChI is InChI=1S/C12H25N3O2.ClH/c1-3-8-14-11(16)6-4-7-12(17)15-10-5-9-13-2;/h13H,3-10H2,1-2H3,(H,14,16)(H,15,17);1H. The number of nitrogens with one attached hydrogen (secondary N) is 3. The van der Waals surface area contributed by atoms with E-state index >= 15 is 0 Å². The second kappa shape index (κ2) is 14.3. The molecule has 0 spiro atoms.